The summed E-state index contributed by atoms with van der Waals surface area (Å²) in [5.74, 6) is -0.505. The average Bonchev–Trinajstić information content (AvgIpc) is 2.79. The first-order valence-electron chi connectivity index (χ1n) is 9.70. The first kappa shape index (κ1) is 21.8. The van der Waals surface area contributed by atoms with Gasteiger partial charge in [0.25, 0.3) is 11.5 Å². The lowest BCUT2D eigenvalue weighted by atomic mass is 10.2. The quantitative estimate of drug-likeness (QED) is 0.560. The van der Waals surface area contributed by atoms with Crippen LogP contribution in [0.15, 0.2) is 71.5 Å². The van der Waals surface area contributed by atoms with Crippen LogP contribution in [0, 0.1) is 0 Å². The Balaban J connectivity index is 1.58. The summed E-state index contributed by atoms with van der Waals surface area (Å²) in [5.41, 5.74) is 1.35. The van der Waals surface area contributed by atoms with Crippen molar-refractivity contribution in [2.24, 2.45) is 0 Å². The number of benzene rings is 2. The molecule has 8 heteroatoms. The third kappa shape index (κ3) is 6.02. The minimum Gasteiger partial charge on any atom is -0.497 e. The predicted molar refractivity (Wildman–Crippen MR) is 114 cm³/mol. The van der Waals surface area contributed by atoms with Crippen LogP contribution in [0.3, 0.4) is 0 Å². The highest BCUT2D eigenvalue weighted by Crippen LogP contribution is 2.11. The largest absolute Gasteiger partial charge is 0.497 e. The van der Waals surface area contributed by atoms with Gasteiger partial charge in [0.2, 0.25) is 0 Å². The third-order valence-electron chi connectivity index (χ3n) is 4.53. The van der Waals surface area contributed by atoms with E-state index in [4.69, 9.17) is 9.47 Å². The summed E-state index contributed by atoms with van der Waals surface area (Å²) in [6.07, 6.45) is -1.03. The third-order valence-corrected chi connectivity index (χ3v) is 4.53. The van der Waals surface area contributed by atoms with Gasteiger partial charge in [0.15, 0.2) is 11.8 Å². The first-order valence-corrected chi connectivity index (χ1v) is 9.70. The maximum atomic E-state index is 12.4. The van der Waals surface area contributed by atoms with Crippen molar-refractivity contribution in [1.82, 2.24) is 15.1 Å². The second-order valence-electron chi connectivity index (χ2n) is 6.81. The molecule has 8 nitrogen and oxygen atoms in total. The molecule has 0 aliphatic carbocycles. The number of hydrogen-bond donors (Lipinski definition) is 1. The molecule has 0 saturated carbocycles. The summed E-state index contributed by atoms with van der Waals surface area (Å²) in [7, 11) is 1.58. The van der Waals surface area contributed by atoms with E-state index in [9.17, 15) is 14.4 Å². The van der Waals surface area contributed by atoms with Gasteiger partial charge in [-0.05, 0) is 36.2 Å². The Morgan fingerprint density at radius 3 is 2.39 bits per heavy atom. The van der Waals surface area contributed by atoms with Crippen LogP contribution < -0.4 is 15.6 Å². The van der Waals surface area contributed by atoms with Crippen molar-refractivity contribution in [2.75, 3.05) is 7.11 Å². The molecule has 3 aromatic rings. The second-order valence-corrected chi connectivity index (χ2v) is 6.81. The van der Waals surface area contributed by atoms with E-state index in [1.165, 1.54) is 23.7 Å². The van der Waals surface area contributed by atoms with Gasteiger partial charge in [0.05, 0.1) is 13.7 Å². The van der Waals surface area contributed by atoms with Gasteiger partial charge in [0.1, 0.15) is 5.75 Å². The molecule has 31 heavy (non-hydrogen) atoms. The Morgan fingerprint density at radius 2 is 1.71 bits per heavy atom. The molecule has 0 unspecified atom stereocenters. The van der Waals surface area contributed by atoms with Crippen LogP contribution in [0.25, 0.3) is 0 Å². The fraction of sp³-hybridized carbons (Fsp3) is 0.217. The van der Waals surface area contributed by atoms with Crippen LogP contribution in [0.4, 0.5) is 0 Å². The van der Waals surface area contributed by atoms with E-state index >= 15 is 0 Å². The molecule has 2 aromatic carbocycles. The van der Waals surface area contributed by atoms with Crippen LogP contribution in [-0.2, 0) is 22.6 Å². The molecule has 0 radical (unpaired) electrons. The number of methoxy groups -OCH3 is 1. The molecule has 0 aliphatic rings. The molecule has 0 aliphatic heterocycles. The highest BCUT2D eigenvalue weighted by atomic mass is 16.5. The molecule has 160 valence electrons. The van der Waals surface area contributed by atoms with Crippen molar-refractivity contribution in [3.05, 3.63) is 93.9 Å². The Morgan fingerprint density at radius 1 is 1.00 bits per heavy atom. The highest BCUT2D eigenvalue weighted by Gasteiger charge is 2.20. The SMILES string of the molecule is COc1ccc(CNC(=O)[C@@H](C)OC(=O)c2ccc(=O)n(Cc3ccccc3)n2)cc1. The van der Waals surface area contributed by atoms with E-state index in [-0.39, 0.29) is 24.3 Å². The predicted octanol–water partition coefficient (Wildman–Crippen LogP) is 2.16. The number of nitrogens with zero attached hydrogens (tertiary/aromatic N) is 2. The van der Waals surface area contributed by atoms with Crippen molar-refractivity contribution in [1.29, 1.82) is 0 Å². The second kappa shape index (κ2) is 10.2. The Bertz CT molecular complexity index is 1090. The zero-order valence-corrected chi connectivity index (χ0v) is 17.3. The topological polar surface area (TPSA) is 99.5 Å². The standard InChI is InChI=1S/C23H23N3O5/c1-16(22(28)24-14-17-8-10-19(30-2)11-9-17)31-23(29)20-12-13-21(27)26(25-20)15-18-6-4-3-5-7-18/h3-13,16H,14-15H2,1-2H3,(H,24,28)/t16-/m1/s1. The van der Waals surface area contributed by atoms with Gasteiger partial charge in [-0.3, -0.25) is 9.59 Å². The number of nitrogens with one attached hydrogen (secondary N) is 1. The van der Waals surface area contributed by atoms with Crippen molar-refractivity contribution >= 4 is 11.9 Å². The molecule has 1 amide bonds. The summed E-state index contributed by atoms with van der Waals surface area (Å²) in [5, 5.41) is 6.79. The lowest BCUT2D eigenvalue weighted by molar-refractivity contribution is -0.129. The van der Waals surface area contributed by atoms with E-state index in [0.29, 0.717) is 0 Å². The van der Waals surface area contributed by atoms with Gasteiger partial charge in [-0.25, -0.2) is 9.48 Å². The number of carbonyl (C=O) groups excluding carboxylic acids is 2. The van der Waals surface area contributed by atoms with Crippen molar-refractivity contribution in [3.63, 3.8) is 0 Å². The van der Waals surface area contributed by atoms with E-state index in [2.05, 4.69) is 10.4 Å². The molecule has 0 bridgehead atoms. The number of carbonyl (C=O) groups is 2. The number of ether oxygens (including phenoxy) is 2. The van der Waals surface area contributed by atoms with Crippen LogP contribution in [-0.4, -0.2) is 34.9 Å². The zero-order valence-electron chi connectivity index (χ0n) is 17.3. The van der Waals surface area contributed by atoms with E-state index in [1.807, 2.05) is 42.5 Å². The lowest BCUT2D eigenvalue weighted by Gasteiger charge is -2.14. The van der Waals surface area contributed by atoms with Crippen molar-refractivity contribution < 1.29 is 19.1 Å². The molecule has 0 fully saturated rings. The average molecular weight is 421 g/mol. The fourth-order valence-electron chi connectivity index (χ4n) is 2.78. The number of aromatic nitrogens is 2. The van der Waals surface area contributed by atoms with Crippen molar-refractivity contribution in [3.8, 4) is 5.75 Å². The number of rotatable bonds is 8. The maximum absolute atomic E-state index is 12.4. The minimum absolute atomic E-state index is 0.0506. The summed E-state index contributed by atoms with van der Waals surface area (Å²) >= 11 is 0. The summed E-state index contributed by atoms with van der Waals surface area (Å²) in [4.78, 5) is 36.8. The molecule has 0 saturated heterocycles. The van der Waals surface area contributed by atoms with E-state index in [1.54, 1.807) is 19.2 Å². The van der Waals surface area contributed by atoms with Gasteiger partial charge >= 0.3 is 5.97 Å². The van der Waals surface area contributed by atoms with Crippen LogP contribution in [0.5, 0.6) is 5.75 Å². The minimum atomic E-state index is -1.03. The summed E-state index contributed by atoms with van der Waals surface area (Å²) in [6.45, 7) is 1.98. The van der Waals surface area contributed by atoms with Crippen molar-refractivity contribution in [2.45, 2.75) is 26.1 Å². The van der Waals surface area contributed by atoms with E-state index < -0.39 is 18.0 Å². The number of hydrogen-bond acceptors (Lipinski definition) is 6. The molecular formula is C23H23N3O5. The number of esters is 1. The molecule has 1 aromatic heterocycles. The van der Waals surface area contributed by atoms with Gasteiger partial charge in [0, 0.05) is 12.6 Å². The Hall–Kier alpha value is -3.94. The smallest absolute Gasteiger partial charge is 0.359 e. The fourth-order valence-corrected chi connectivity index (χ4v) is 2.78. The molecule has 3 rings (SSSR count). The Kier molecular flexibility index (Phi) is 7.16. The van der Waals surface area contributed by atoms with Crippen LogP contribution in [0.1, 0.15) is 28.5 Å². The highest BCUT2D eigenvalue weighted by molar-refractivity contribution is 5.90. The summed E-state index contributed by atoms with van der Waals surface area (Å²) < 4.78 is 11.5. The lowest BCUT2D eigenvalue weighted by Crippen LogP contribution is -2.36. The number of amides is 1. The normalized spacial score (nSPS) is 11.4. The molecule has 1 heterocycles. The molecule has 1 atom stereocenters. The van der Waals surface area contributed by atoms with E-state index in [0.717, 1.165) is 16.9 Å². The van der Waals surface area contributed by atoms with Gasteiger partial charge in [-0.2, -0.15) is 5.10 Å². The summed E-state index contributed by atoms with van der Waals surface area (Å²) in [6, 6.07) is 19.1. The molecular weight excluding hydrogens is 398 g/mol. The van der Waals surface area contributed by atoms with Crippen LogP contribution >= 0.6 is 0 Å². The monoisotopic (exact) mass is 421 g/mol. The maximum Gasteiger partial charge on any atom is 0.359 e. The van der Waals surface area contributed by atoms with Crippen LogP contribution in [0.2, 0.25) is 0 Å². The Labute approximate surface area is 179 Å². The molecule has 1 N–H and O–H groups in total. The zero-order chi connectivity index (χ0) is 22.2. The van der Waals surface area contributed by atoms with Gasteiger partial charge in [-0.15, -0.1) is 0 Å². The first-order chi connectivity index (χ1) is 15.0. The van der Waals surface area contributed by atoms with Gasteiger partial charge < -0.3 is 14.8 Å². The van der Waals surface area contributed by atoms with Gasteiger partial charge in [-0.1, -0.05) is 42.5 Å². The molecule has 0 spiro atoms.